The highest BCUT2D eigenvalue weighted by Gasteiger charge is 2.26. The summed E-state index contributed by atoms with van der Waals surface area (Å²) in [5.74, 6) is 0.947. The number of methoxy groups -OCH3 is 1. The lowest BCUT2D eigenvalue weighted by atomic mass is 10.2. The minimum absolute atomic E-state index is 0.0912. The van der Waals surface area contributed by atoms with E-state index in [9.17, 15) is 4.79 Å². The molecule has 2 heterocycles. The molecule has 1 fully saturated rings. The molecule has 0 spiro atoms. The van der Waals surface area contributed by atoms with Crippen molar-refractivity contribution in [3.63, 3.8) is 0 Å². The highest BCUT2D eigenvalue weighted by molar-refractivity contribution is 8.03. The van der Waals surface area contributed by atoms with E-state index in [4.69, 9.17) is 4.74 Å². The number of benzene rings is 1. The lowest BCUT2D eigenvalue weighted by Crippen LogP contribution is -2.31. The summed E-state index contributed by atoms with van der Waals surface area (Å²) in [6, 6.07) is 6.11. The van der Waals surface area contributed by atoms with Crippen LogP contribution in [-0.4, -0.2) is 44.0 Å². The minimum atomic E-state index is 0.0912. The topological polar surface area (TPSA) is 32.8 Å². The molecule has 0 saturated carbocycles. The van der Waals surface area contributed by atoms with E-state index in [0.717, 1.165) is 29.6 Å². The fourth-order valence-electron chi connectivity index (χ4n) is 2.97. The molecule has 2 aliphatic rings. The number of likely N-dealkylation sites (tertiary alicyclic amines) is 1. The molecule has 0 amide bonds. The summed E-state index contributed by atoms with van der Waals surface area (Å²) in [7, 11) is 1.69. The van der Waals surface area contributed by atoms with E-state index in [1.54, 1.807) is 31.9 Å². The van der Waals surface area contributed by atoms with Gasteiger partial charge in [0.25, 0.3) is 0 Å². The Labute approximate surface area is 136 Å². The van der Waals surface area contributed by atoms with Crippen LogP contribution >= 0.6 is 11.8 Å². The molecule has 1 aromatic rings. The number of allylic oxidation sites excluding steroid dienone is 1. The van der Waals surface area contributed by atoms with E-state index in [0.29, 0.717) is 0 Å². The number of carbonyl (C=O) groups is 1. The monoisotopic (exact) mass is 318 g/mol. The number of ether oxygens (including phenoxy) is 1. The molecular weight excluding hydrogens is 296 g/mol. The second-order valence-corrected chi connectivity index (χ2v) is 6.79. The number of hydrogen-bond donors (Lipinski definition) is 0. The Balaban J connectivity index is 1.83. The van der Waals surface area contributed by atoms with Crippen molar-refractivity contribution in [2.45, 2.75) is 24.7 Å². The number of hydrogen-bond acceptors (Lipinski definition) is 5. The largest absolute Gasteiger partial charge is 0.497 e. The van der Waals surface area contributed by atoms with Crippen molar-refractivity contribution >= 4 is 23.2 Å². The van der Waals surface area contributed by atoms with Gasteiger partial charge in [-0.25, -0.2) is 0 Å². The van der Waals surface area contributed by atoms with Crippen molar-refractivity contribution < 1.29 is 9.53 Å². The number of thioether (sulfide) groups is 1. The van der Waals surface area contributed by atoms with Crippen molar-refractivity contribution in [2.24, 2.45) is 0 Å². The zero-order valence-electron chi connectivity index (χ0n) is 13.2. The van der Waals surface area contributed by atoms with E-state index in [-0.39, 0.29) is 5.78 Å². The van der Waals surface area contributed by atoms with Crippen molar-refractivity contribution in [1.82, 2.24) is 4.90 Å². The molecule has 0 radical (unpaired) electrons. The first-order chi connectivity index (χ1) is 10.7. The van der Waals surface area contributed by atoms with E-state index < -0.39 is 0 Å². The molecule has 0 aromatic heterocycles. The lowest BCUT2D eigenvalue weighted by Gasteiger charge is -2.24. The van der Waals surface area contributed by atoms with Gasteiger partial charge in [-0.15, -0.1) is 0 Å². The van der Waals surface area contributed by atoms with Crippen molar-refractivity contribution in [1.29, 1.82) is 0 Å². The summed E-state index contributed by atoms with van der Waals surface area (Å²) in [5, 5.41) is 1.02. The summed E-state index contributed by atoms with van der Waals surface area (Å²) < 4.78 is 5.35. The highest BCUT2D eigenvalue weighted by Crippen LogP contribution is 2.47. The average Bonchev–Trinajstić information content (AvgIpc) is 3.11. The zero-order valence-corrected chi connectivity index (χ0v) is 14.0. The van der Waals surface area contributed by atoms with E-state index in [1.165, 1.54) is 30.8 Å². The third kappa shape index (κ3) is 3.31. The van der Waals surface area contributed by atoms with Crippen molar-refractivity contribution in [2.75, 3.05) is 38.2 Å². The summed E-state index contributed by atoms with van der Waals surface area (Å²) in [4.78, 5) is 17.5. The smallest absolute Gasteiger partial charge is 0.155 e. The van der Waals surface area contributed by atoms with Gasteiger partial charge in [-0.3, -0.25) is 4.79 Å². The molecule has 0 bridgehead atoms. The molecule has 22 heavy (non-hydrogen) atoms. The predicted molar refractivity (Wildman–Crippen MR) is 90.6 cm³/mol. The van der Waals surface area contributed by atoms with Crippen LogP contribution in [0.15, 0.2) is 34.2 Å². The van der Waals surface area contributed by atoms with E-state index in [1.807, 2.05) is 6.07 Å². The van der Waals surface area contributed by atoms with Crippen LogP contribution in [0, 0.1) is 0 Å². The van der Waals surface area contributed by atoms with Crippen LogP contribution < -0.4 is 9.64 Å². The van der Waals surface area contributed by atoms with Gasteiger partial charge in [0, 0.05) is 30.1 Å². The third-order valence-electron chi connectivity index (χ3n) is 4.10. The van der Waals surface area contributed by atoms with Crippen LogP contribution in [0.5, 0.6) is 5.75 Å². The normalized spacial score (nSPS) is 19.7. The van der Waals surface area contributed by atoms with Crippen LogP contribution in [0.3, 0.4) is 0 Å². The average molecular weight is 318 g/mol. The molecule has 118 valence electrons. The van der Waals surface area contributed by atoms with Crippen molar-refractivity contribution in [3.05, 3.63) is 29.3 Å². The molecule has 1 aromatic carbocycles. The summed E-state index contributed by atoms with van der Waals surface area (Å²) >= 11 is 1.67. The third-order valence-corrected chi connectivity index (χ3v) is 5.22. The Hall–Kier alpha value is -1.46. The van der Waals surface area contributed by atoms with Gasteiger partial charge in [0.05, 0.1) is 17.8 Å². The summed E-state index contributed by atoms with van der Waals surface area (Å²) in [6.07, 6.45) is 4.34. The second kappa shape index (κ2) is 6.75. The second-order valence-electron chi connectivity index (χ2n) is 5.73. The molecule has 0 unspecified atom stereocenters. The molecule has 5 heteroatoms. The summed E-state index contributed by atoms with van der Waals surface area (Å²) in [6.45, 7) is 5.93. The van der Waals surface area contributed by atoms with Gasteiger partial charge in [-0.05, 0) is 45.0 Å². The Bertz CT molecular complexity index is 594. The van der Waals surface area contributed by atoms with Gasteiger partial charge in [-0.2, -0.15) is 0 Å². The van der Waals surface area contributed by atoms with Gasteiger partial charge in [0.15, 0.2) is 5.78 Å². The molecular formula is C17H22N2O2S. The molecule has 1 saturated heterocycles. The molecule has 4 nitrogen and oxygen atoms in total. The molecule has 0 atom stereocenters. The Morgan fingerprint density at radius 2 is 2.09 bits per heavy atom. The molecule has 3 rings (SSSR count). The van der Waals surface area contributed by atoms with Gasteiger partial charge < -0.3 is 14.5 Å². The number of carbonyl (C=O) groups excluding carboxylic acids is 1. The van der Waals surface area contributed by atoms with Crippen molar-refractivity contribution in [3.8, 4) is 5.75 Å². The highest BCUT2D eigenvalue weighted by atomic mass is 32.2. The van der Waals surface area contributed by atoms with Crippen LogP contribution in [-0.2, 0) is 4.79 Å². The van der Waals surface area contributed by atoms with E-state index >= 15 is 0 Å². The van der Waals surface area contributed by atoms with Gasteiger partial charge >= 0.3 is 0 Å². The SMILES string of the molecule is COc1ccc2c(c1)N(CCN1CCCC1)/C(=C/C(C)=O)S2. The quantitative estimate of drug-likeness (QED) is 0.779. The van der Waals surface area contributed by atoms with E-state index in [2.05, 4.69) is 21.9 Å². The fourth-order valence-corrected chi connectivity index (χ4v) is 4.13. The number of anilines is 1. The lowest BCUT2D eigenvalue weighted by molar-refractivity contribution is -0.112. The van der Waals surface area contributed by atoms with Crippen LogP contribution in [0.4, 0.5) is 5.69 Å². The Morgan fingerprint density at radius 1 is 1.32 bits per heavy atom. The minimum Gasteiger partial charge on any atom is -0.497 e. The fraction of sp³-hybridized carbons (Fsp3) is 0.471. The van der Waals surface area contributed by atoms with Gasteiger partial charge in [0.2, 0.25) is 0 Å². The van der Waals surface area contributed by atoms with Gasteiger partial charge in [-0.1, -0.05) is 11.8 Å². The number of ketones is 1. The van der Waals surface area contributed by atoms with Crippen LogP contribution in [0.25, 0.3) is 0 Å². The molecule has 0 aliphatic carbocycles. The first-order valence-corrected chi connectivity index (χ1v) is 8.57. The maximum Gasteiger partial charge on any atom is 0.155 e. The summed E-state index contributed by atoms with van der Waals surface area (Å²) in [5.41, 5.74) is 1.15. The maximum absolute atomic E-state index is 11.5. The van der Waals surface area contributed by atoms with Crippen LogP contribution in [0.2, 0.25) is 0 Å². The zero-order chi connectivity index (χ0) is 15.5. The first-order valence-electron chi connectivity index (χ1n) is 7.75. The maximum atomic E-state index is 11.5. The Kier molecular flexibility index (Phi) is 4.74. The molecule has 2 aliphatic heterocycles. The predicted octanol–water partition coefficient (Wildman–Crippen LogP) is 3.13. The van der Waals surface area contributed by atoms with Crippen LogP contribution in [0.1, 0.15) is 19.8 Å². The first kappa shape index (κ1) is 15.4. The van der Waals surface area contributed by atoms with Gasteiger partial charge in [0.1, 0.15) is 5.75 Å². The number of nitrogens with zero attached hydrogens (tertiary/aromatic N) is 2. The standard InChI is InChI=1S/C17H22N2O2S/c1-13(20)11-17-19(10-9-18-7-3-4-8-18)15-12-14(21-2)5-6-16(15)22-17/h5-6,11-12H,3-4,7-10H2,1-2H3/b17-11-. The number of fused-ring (bicyclic) bond motifs is 1. The Morgan fingerprint density at radius 3 is 2.77 bits per heavy atom. The molecule has 0 N–H and O–H groups in total. The number of rotatable bonds is 5.